The number of amides is 2. The van der Waals surface area contributed by atoms with E-state index in [4.69, 9.17) is 28.2 Å². The Balaban J connectivity index is 1.08. The average Bonchev–Trinajstić information content (AvgIpc) is 3.30. The van der Waals surface area contributed by atoms with E-state index in [1.54, 1.807) is 24.0 Å². The van der Waals surface area contributed by atoms with Crippen molar-refractivity contribution in [3.8, 4) is 0 Å². The van der Waals surface area contributed by atoms with Gasteiger partial charge in [0.25, 0.3) is 11.8 Å². The molecule has 2 saturated heterocycles. The minimum atomic E-state index is -1.02. The number of aromatic amines is 1. The molecule has 4 N–H and O–H groups in total. The fourth-order valence-corrected chi connectivity index (χ4v) is 7.18. The third-order valence-corrected chi connectivity index (χ3v) is 10.3. The molecule has 0 radical (unpaired) electrons. The van der Waals surface area contributed by atoms with E-state index in [2.05, 4.69) is 15.2 Å². The molecular formula is C28H29Cl2N5O5S. The topological polar surface area (TPSA) is 139 Å². The Morgan fingerprint density at radius 3 is 2.34 bits per heavy atom. The molecule has 0 bridgehead atoms. The average molecular weight is 619 g/mol. The van der Waals surface area contributed by atoms with E-state index >= 15 is 0 Å². The van der Waals surface area contributed by atoms with Crippen LogP contribution in [0, 0.1) is 18.8 Å². The number of piperidine rings is 2. The molecule has 1 aromatic carbocycles. The number of aliphatic hydroxyl groups excluding tert-OH is 1. The van der Waals surface area contributed by atoms with Crippen molar-refractivity contribution >= 4 is 57.5 Å². The molecule has 2 aliphatic heterocycles. The number of carbonyl (C=O) groups excluding carboxylic acids is 2. The summed E-state index contributed by atoms with van der Waals surface area (Å²) >= 11 is 13.4. The smallest absolute Gasteiger partial charge is 0.347 e. The second-order valence-corrected chi connectivity index (χ2v) is 12.7. The van der Waals surface area contributed by atoms with Gasteiger partial charge in [0, 0.05) is 61.7 Å². The summed E-state index contributed by atoms with van der Waals surface area (Å²) < 4.78 is 0. The molecule has 1 saturated carbocycles. The highest BCUT2D eigenvalue weighted by Gasteiger charge is 2.57. The van der Waals surface area contributed by atoms with Crippen LogP contribution in [0.4, 0.5) is 5.13 Å². The molecule has 2 amide bonds. The molecule has 0 spiro atoms. The van der Waals surface area contributed by atoms with Crippen molar-refractivity contribution in [3.05, 3.63) is 67.4 Å². The van der Waals surface area contributed by atoms with Gasteiger partial charge >= 0.3 is 5.97 Å². The Morgan fingerprint density at radius 1 is 1.10 bits per heavy atom. The molecule has 3 aliphatic rings. The first-order chi connectivity index (χ1) is 19.6. The highest BCUT2D eigenvalue weighted by Crippen LogP contribution is 2.48. The van der Waals surface area contributed by atoms with Crippen molar-refractivity contribution in [2.45, 2.75) is 38.3 Å². The number of fused-ring (bicyclic) bond motifs is 1. The van der Waals surface area contributed by atoms with Gasteiger partial charge < -0.3 is 30.3 Å². The zero-order valence-corrected chi connectivity index (χ0v) is 24.5. The molecular weight excluding hydrogens is 589 g/mol. The maximum Gasteiger partial charge on any atom is 0.347 e. The number of thiazole rings is 1. The Labute approximate surface area is 250 Å². The molecule has 3 aromatic rings. The van der Waals surface area contributed by atoms with Crippen molar-refractivity contribution < 1.29 is 24.6 Å². The van der Waals surface area contributed by atoms with Crippen LogP contribution in [0.3, 0.4) is 0 Å². The lowest BCUT2D eigenvalue weighted by Crippen LogP contribution is -2.40. The number of rotatable bonds is 7. The first kappa shape index (κ1) is 28.0. The predicted octanol–water partition coefficient (Wildman–Crippen LogP) is 3.84. The number of carboxylic acids is 1. The number of carbonyl (C=O) groups is 3. The van der Waals surface area contributed by atoms with Crippen LogP contribution in [-0.4, -0.2) is 81.2 Å². The van der Waals surface area contributed by atoms with Crippen molar-refractivity contribution in [2.24, 2.45) is 11.8 Å². The molecule has 2 aromatic heterocycles. The van der Waals surface area contributed by atoms with E-state index in [1.807, 2.05) is 12.1 Å². The van der Waals surface area contributed by atoms with Gasteiger partial charge in [-0.1, -0.05) is 46.7 Å². The zero-order valence-electron chi connectivity index (χ0n) is 22.2. The number of aromatic nitrogens is 2. The van der Waals surface area contributed by atoms with Gasteiger partial charge in [-0.05, 0) is 37.5 Å². The van der Waals surface area contributed by atoms with Crippen LogP contribution in [0.15, 0.2) is 24.3 Å². The first-order valence-electron chi connectivity index (χ1n) is 13.5. The van der Waals surface area contributed by atoms with Crippen LogP contribution in [0.1, 0.15) is 60.3 Å². The van der Waals surface area contributed by atoms with Gasteiger partial charge in [-0.15, -0.1) is 0 Å². The molecule has 3 atom stereocenters. The molecule has 1 aliphatic carbocycles. The van der Waals surface area contributed by atoms with Crippen molar-refractivity contribution in [1.82, 2.24) is 20.2 Å². The Morgan fingerprint density at radius 2 is 1.76 bits per heavy atom. The van der Waals surface area contributed by atoms with Crippen LogP contribution < -0.4 is 10.2 Å². The summed E-state index contributed by atoms with van der Waals surface area (Å²) in [6.45, 7) is 4.16. The van der Waals surface area contributed by atoms with Crippen molar-refractivity contribution in [1.29, 1.82) is 0 Å². The summed E-state index contributed by atoms with van der Waals surface area (Å²) in [4.78, 5) is 49.2. The second kappa shape index (κ2) is 10.9. The summed E-state index contributed by atoms with van der Waals surface area (Å²) in [6.07, 6.45) is 1.15. The molecule has 0 unspecified atom stereocenters. The summed E-state index contributed by atoms with van der Waals surface area (Å²) in [7, 11) is 0. The monoisotopic (exact) mass is 617 g/mol. The standard InChI is InChI=1S/C28H29Cl2N5O5S/c1-13-20(29)21(30)23(31-13)25(37)33-22-17-11-35(12-18(17)22)28-32-19(24(41-28)27(39)40)10-14-2-4-15(5-3-14)26(38)34-8-6-16(36)7-9-34/h2-5,16-18,22,31,36H,6-12H2,1H3,(H,33,37)(H,39,40)/t17-,18+,22-. The van der Waals surface area contributed by atoms with Crippen LogP contribution >= 0.6 is 34.5 Å². The highest BCUT2D eigenvalue weighted by molar-refractivity contribution is 7.17. The number of anilines is 1. The normalized spacial score (nSPS) is 22.1. The summed E-state index contributed by atoms with van der Waals surface area (Å²) in [5, 5.41) is 23.8. The number of aryl methyl sites for hydroxylation is 1. The van der Waals surface area contributed by atoms with Gasteiger partial charge in [-0.2, -0.15) is 0 Å². The number of hydrogen-bond donors (Lipinski definition) is 4. The molecule has 10 nitrogen and oxygen atoms in total. The molecule has 4 heterocycles. The third-order valence-electron chi connectivity index (χ3n) is 8.25. The summed E-state index contributed by atoms with van der Waals surface area (Å²) in [5.41, 5.74) is 2.81. The lowest BCUT2D eigenvalue weighted by Gasteiger charge is -2.29. The quantitative estimate of drug-likeness (QED) is 0.316. The van der Waals surface area contributed by atoms with Crippen LogP contribution in [0.5, 0.6) is 0 Å². The van der Waals surface area contributed by atoms with Gasteiger partial charge in [-0.3, -0.25) is 9.59 Å². The number of aliphatic hydroxyl groups is 1. The number of H-pyrrole nitrogens is 1. The molecule has 41 heavy (non-hydrogen) atoms. The van der Waals surface area contributed by atoms with Crippen molar-refractivity contribution in [2.75, 3.05) is 31.1 Å². The van der Waals surface area contributed by atoms with E-state index in [-0.39, 0.29) is 51.4 Å². The second-order valence-electron chi connectivity index (χ2n) is 11.0. The number of carboxylic acid groups (broad SMARTS) is 1. The van der Waals surface area contributed by atoms with Gasteiger partial charge in [-0.25, -0.2) is 9.78 Å². The zero-order chi connectivity index (χ0) is 29.0. The van der Waals surface area contributed by atoms with E-state index in [0.29, 0.717) is 72.5 Å². The lowest BCUT2D eigenvalue weighted by molar-refractivity contribution is 0.0545. The van der Waals surface area contributed by atoms with Gasteiger partial charge in [0.05, 0.1) is 21.8 Å². The van der Waals surface area contributed by atoms with E-state index in [1.165, 1.54) is 0 Å². The highest BCUT2D eigenvalue weighted by atomic mass is 35.5. The van der Waals surface area contributed by atoms with Crippen molar-refractivity contribution in [3.63, 3.8) is 0 Å². The molecule has 6 rings (SSSR count). The number of halogens is 2. The van der Waals surface area contributed by atoms with Gasteiger partial charge in [0.1, 0.15) is 10.6 Å². The first-order valence-corrected chi connectivity index (χ1v) is 15.1. The summed E-state index contributed by atoms with van der Waals surface area (Å²) in [6, 6.07) is 7.20. The number of hydrogen-bond acceptors (Lipinski definition) is 7. The largest absolute Gasteiger partial charge is 0.477 e. The van der Waals surface area contributed by atoms with Crippen LogP contribution in [-0.2, 0) is 6.42 Å². The maximum absolute atomic E-state index is 12.8. The van der Waals surface area contributed by atoms with Crippen LogP contribution in [0.25, 0.3) is 0 Å². The number of aromatic carboxylic acids is 1. The fourth-order valence-electron chi connectivity index (χ4n) is 5.82. The van der Waals surface area contributed by atoms with E-state index in [0.717, 1.165) is 16.9 Å². The summed E-state index contributed by atoms with van der Waals surface area (Å²) in [5.74, 6) is -0.879. The number of likely N-dealkylation sites (tertiary alicyclic amines) is 1. The number of nitrogens with one attached hydrogen (secondary N) is 2. The van der Waals surface area contributed by atoms with Gasteiger partial charge in [0.15, 0.2) is 5.13 Å². The molecule has 3 fully saturated rings. The Kier molecular flexibility index (Phi) is 7.48. The number of nitrogens with zero attached hydrogens (tertiary/aromatic N) is 3. The number of benzene rings is 1. The SMILES string of the molecule is Cc1[nH]c(C(=O)N[C@@H]2[C@@H]3CN(c4nc(Cc5ccc(C(=O)N6CCC(O)CC6)cc5)c(C(=O)O)s4)C[C@@H]32)c(Cl)c1Cl. The van der Waals surface area contributed by atoms with Gasteiger partial charge in [0.2, 0.25) is 0 Å². The Hall–Kier alpha value is -3.12. The maximum atomic E-state index is 12.8. The van der Waals surface area contributed by atoms with E-state index in [9.17, 15) is 24.6 Å². The molecule has 13 heteroatoms. The van der Waals surface area contributed by atoms with E-state index < -0.39 is 5.97 Å². The lowest BCUT2D eigenvalue weighted by atomic mass is 10.0. The minimum absolute atomic E-state index is 0.0202. The fraction of sp³-hybridized carbons (Fsp3) is 0.429. The predicted molar refractivity (Wildman–Crippen MR) is 155 cm³/mol. The third kappa shape index (κ3) is 5.43. The van der Waals surface area contributed by atoms with Crippen LogP contribution in [0.2, 0.25) is 10.0 Å². The molecule has 216 valence electrons. The minimum Gasteiger partial charge on any atom is -0.477 e. The Bertz CT molecular complexity index is 1500.